The van der Waals surface area contributed by atoms with Gasteiger partial charge in [-0.2, -0.15) is 5.10 Å². The van der Waals surface area contributed by atoms with Crippen molar-refractivity contribution in [1.82, 2.24) is 34.9 Å². The number of thiazole rings is 1. The van der Waals surface area contributed by atoms with Crippen LogP contribution in [0.5, 0.6) is 11.5 Å². The molecule has 1 spiro atoms. The number of ether oxygens (including phenoxy) is 2. The van der Waals surface area contributed by atoms with Gasteiger partial charge in [-0.1, -0.05) is 6.92 Å². The molecule has 1 amide bonds. The summed E-state index contributed by atoms with van der Waals surface area (Å²) in [7, 11) is 3.38. The second-order valence-electron chi connectivity index (χ2n) is 12.0. The first-order valence-corrected chi connectivity index (χ1v) is 16.5. The number of carbonyl (C=O) groups is 1. The third-order valence-corrected chi connectivity index (χ3v) is 10.7. The molecule has 3 aliphatic rings. The first-order chi connectivity index (χ1) is 21.5. The quantitative estimate of drug-likeness (QED) is 0.332. The molecule has 2 aliphatic heterocycles. The van der Waals surface area contributed by atoms with Crippen LogP contribution in [0.25, 0.3) is 11.0 Å². The number of nitrogens with one attached hydrogen (secondary N) is 1. The minimum Gasteiger partial charge on any atom is -0.493 e. The minimum absolute atomic E-state index is 0.0578. The Kier molecular flexibility index (Phi) is 7.88. The van der Waals surface area contributed by atoms with Gasteiger partial charge in [0.1, 0.15) is 12.1 Å². The summed E-state index contributed by atoms with van der Waals surface area (Å²) in [5.41, 5.74) is 4.33. The highest BCUT2D eigenvalue weighted by atomic mass is 32.1. The number of rotatable bonds is 7. The van der Waals surface area contributed by atoms with Crippen LogP contribution in [0.3, 0.4) is 0 Å². The van der Waals surface area contributed by atoms with Gasteiger partial charge in [0.2, 0.25) is 5.91 Å². The lowest BCUT2D eigenvalue weighted by Crippen LogP contribution is -2.53. The third kappa shape index (κ3) is 5.17. The fraction of sp³-hybridized carbons (Fsp3) is 0.531. The number of piperazine rings is 1. The van der Waals surface area contributed by atoms with E-state index >= 15 is 0 Å². The van der Waals surface area contributed by atoms with E-state index < -0.39 is 0 Å². The molecular formula is C32H40N8O3S. The van der Waals surface area contributed by atoms with E-state index in [0.717, 1.165) is 97.2 Å². The Morgan fingerprint density at radius 3 is 2.59 bits per heavy atom. The number of nitrogens with zero attached hydrogens (tertiary/aromatic N) is 7. The number of benzene rings is 1. The second kappa shape index (κ2) is 12.0. The van der Waals surface area contributed by atoms with Crippen LogP contribution in [0.2, 0.25) is 0 Å². The summed E-state index contributed by atoms with van der Waals surface area (Å²) < 4.78 is 13.1. The van der Waals surface area contributed by atoms with Crippen LogP contribution < -0.4 is 19.7 Å². The smallest absolute Gasteiger partial charge is 0.225 e. The highest BCUT2D eigenvalue weighted by Gasteiger charge is 2.43. The van der Waals surface area contributed by atoms with Crippen LogP contribution in [-0.4, -0.2) is 82.5 Å². The van der Waals surface area contributed by atoms with Gasteiger partial charge in [-0.3, -0.25) is 4.79 Å². The van der Waals surface area contributed by atoms with Crippen LogP contribution in [0, 0.1) is 5.92 Å². The van der Waals surface area contributed by atoms with Gasteiger partial charge in [-0.25, -0.2) is 19.6 Å². The molecule has 0 radical (unpaired) electrons. The van der Waals surface area contributed by atoms with Gasteiger partial charge in [-0.05, 0) is 61.8 Å². The highest BCUT2D eigenvalue weighted by molar-refractivity contribution is 7.09. The van der Waals surface area contributed by atoms with Crippen molar-refractivity contribution in [2.45, 2.75) is 57.5 Å². The highest BCUT2D eigenvalue weighted by Crippen LogP contribution is 2.46. The summed E-state index contributed by atoms with van der Waals surface area (Å²) in [6.45, 7) is 6.50. The van der Waals surface area contributed by atoms with Crippen molar-refractivity contribution in [3.05, 3.63) is 51.9 Å². The van der Waals surface area contributed by atoms with E-state index in [4.69, 9.17) is 9.47 Å². The average molecular weight is 617 g/mol. The molecular weight excluding hydrogens is 576 g/mol. The molecule has 1 N–H and O–H groups in total. The second-order valence-corrected chi connectivity index (χ2v) is 13.0. The van der Waals surface area contributed by atoms with Crippen LogP contribution in [0.4, 0.5) is 5.82 Å². The van der Waals surface area contributed by atoms with Gasteiger partial charge in [0, 0.05) is 49.6 Å². The van der Waals surface area contributed by atoms with Gasteiger partial charge in [0.25, 0.3) is 0 Å². The number of aryl methyl sites for hydroxylation is 1. The van der Waals surface area contributed by atoms with Crippen LogP contribution in [0.1, 0.15) is 54.4 Å². The maximum absolute atomic E-state index is 13.7. The number of hydrogen-bond donors (Lipinski definition) is 1. The lowest BCUT2D eigenvalue weighted by Gasteiger charge is -2.46. The zero-order valence-electron chi connectivity index (χ0n) is 25.7. The number of aromatic nitrogens is 5. The van der Waals surface area contributed by atoms with E-state index in [1.807, 2.05) is 10.9 Å². The molecule has 3 aromatic heterocycles. The van der Waals surface area contributed by atoms with Gasteiger partial charge >= 0.3 is 0 Å². The zero-order chi connectivity index (χ0) is 30.3. The standard InChI is InChI=1S/C32H40N8O3S/c1-4-28-37-23(19-44-28)18-40-30-24(17-36-40)29(33-20-34-30)38-11-13-39(14-12-38)31(41)21-5-8-32(9-6-21)25-16-27(43-3)26(42-2)15-22(25)7-10-35-32/h15-17,19-21,35H,4-14,18H2,1-3H3/t21-,32-. The minimum atomic E-state index is -0.108. The molecule has 44 heavy (non-hydrogen) atoms. The fourth-order valence-corrected chi connectivity index (χ4v) is 8.03. The molecule has 2 fully saturated rings. The van der Waals surface area contributed by atoms with Crippen molar-refractivity contribution < 1.29 is 14.3 Å². The molecule has 5 heterocycles. The van der Waals surface area contributed by atoms with Crippen LogP contribution >= 0.6 is 11.3 Å². The molecule has 12 heteroatoms. The van der Waals surface area contributed by atoms with E-state index in [0.29, 0.717) is 25.5 Å². The lowest BCUT2D eigenvalue weighted by molar-refractivity contribution is -0.137. The van der Waals surface area contributed by atoms with Gasteiger partial charge in [0.05, 0.1) is 43.0 Å². The number of carbonyl (C=O) groups excluding carboxylic acids is 1. The summed E-state index contributed by atoms with van der Waals surface area (Å²) in [4.78, 5) is 31.9. The Labute approximate surface area is 261 Å². The maximum atomic E-state index is 13.7. The topological polar surface area (TPSA) is 111 Å². The van der Waals surface area contributed by atoms with E-state index in [2.05, 4.69) is 59.6 Å². The van der Waals surface area contributed by atoms with Crippen molar-refractivity contribution in [2.75, 3.05) is 51.8 Å². The largest absolute Gasteiger partial charge is 0.493 e. The van der Waals surface area contributed by atoms with Gasteiger partial charge in [-0.15, -0.1) is 11.3 Å². The van der Waals surface area contributed by atoms with Crippen molar-refractivity contribution >= 4 is 34.1 Å². The predicted octanol–water partition coefficient (Wildman–Crippen LogP) is 3.79. The molecule has 1 aromatic carbocycles. The maximum Gasteiger partial charge on any atom is 0.225 e. The molecule has 11 nitrogen and oxygen atoms in total. The lowest BCUT2D eigenvalue weighted by atomic mass is 9.69. The van der Waals surface area contributed by atoms with Crippen molar-refractivity contribution in [3.8, 4) is 11.5 Å². The molecule has 1 aliphatic carbocycles. The van der Waals surface area contributed by atoms with E-state index in [1.54, 1.807) is 31.9 Å². The summed E-state index contributed by atoms with van der Waals surface area (Å²) in [5, 5.41) is 12.6. The first-order valence-electron chi connectivity index (χ1n) is 15.7. The molecule has 1 saturated heterocycles. The van der Waals surface area contributed by atoms with E-state index in [1.165, 1.54) is 11.1 Å². The Morgan fingerprint density at radius 1 is 1.09 bits per heavy atom. The molecule has 4 aromatic rings. The fourth-order valence-electron chi connectivity index (χ4n) is 7.29. The summed E-state index contributed by atoms with van der Waals surface area (Å²) in [6, 6.07) is 4.28. The van der Waals surface area contributed by atoms with Crippen molar-refractivity contribution in [3.63, 3.8) is 0 Å². The van der Waals surface area contributed by atoms with Gasteiger partial charge < -0.3 is 24.6 Å². The normalized spacial score (nSPS) is 21.9. The summed E-state index contributed by atoms with van der Waals surface area (Å²) in [5.74, 6) is 2.78. The Balaban J connectivity index is 0.989. The Hall–Kier alpha value is -3.77. The number of anilines is 1. The average Bonchev–Trinajstić information content (AvgIpc) is 3.71. The number of hydrogen-bond acceptors (Lipinski definition) is 10. The molecule has 0 unspecified atom stereocenters. The zero-order valence-corrected chi connectivity index (χ0v) is 26.5. The Bertz CT molecular complexity index is 1650. The van der Waals surface area contributed by atoms with Gasteiger partial charge in [0.15, 0.2) is 17.1 Å². The predicted molar refractivity (Wildman–Crippen MR) is 170 cm³/mol. The number of methoxy groups -OCH3 is 2. The summed E-state index contributed by atoms with van der Waals surface area (Å²) >= 11 is 1.68. The molecule has 0 atom stereocenters. The number of amides is 1. The molecule has 232 valence electrons. The number of fused-ring (bicyclic) bond motifs is 3. The summed E-state index contributed by atoms with van der Waals surface area (Å²) in [6.07, 6.45) is 9.02. The van der Waals surface area contributed by atoms with E-state index in [9.17, 15) is 4.79 Å². The monoisotopic (exact) mass is 616 g/mol. The molecule has 7 rings (SSSR count). The molecule has 1 saturated carbocycles. The van der Waals surface area contributed by atoms with Crippen molar-refractivity contribution in [1.29, 1.82) is 0 Å². The molecule has 0 bridgehead atoms. The van der Waals surface area contributed by atoms with Crippen LogP contribution in [0.15, 0.2) is 30.0 Å². The van der Waals surface area contributed by atoms with E-state index in [-0.39, 0.29) is 11.5 Å². The third-order valence-electron chi connectivity index (χ3n) is 9.69. The van der Waals surface area contributed by atoms with Crippen LogP contribution in [-0.2, 0) is 29.7 Å². The SMILES string of the molecule is CCc1nc(Cn2ncc3c(N4CCN(C(=O)[C@H]5CC[C@@]6(CC5)NCCc5cc(OC)c(OC)cc56)CC4)ncnc32)cs1. The first kappa shape index (κ1) is 29.0. The van der Waals surface area contributed by atoms with Crippen molar-refractivity contribution in [2.24, 2.45) is 5.92 Å². The Morgan fingerprint density at radius 2 is 1.86 bits per heavy atom.